The van der Waals surface area contributed by atoms with E-state index in [0.717, 1.165) is 23.5 Å². The van der Waals surface area contributed by atoms with Gasteiger partial charge in [-0.2, -0.15) is 0 Å². The van der Waals surface area contributed by atoms with Gasteiger partial charge < -0.3 is 15.0 Å². The first-order chi connectivity index (χ1) is 13.0. The molecule has 1 saturated heterocycles. The highest BCUT2D eigenvalue weighted by atomic mass is 32.1. The fourth-order valence-electron chi connectivity index (χ4n) is 3.71. The van der Waals surface area contributed by atoms with E-state index in [-0.39, 0.29) is 11.3 Å². The maximum absolute atomic E-state index is 12.7. The number of piperidine rings is 1. The first-order valence-corrected chi connectivity index (χ1v) is 9.95. The molecule has 0 spiro atoms. The Labute approximate surface area is 163 Å². The van der Waals surface area contributed by atoms with Crippen molar-refractivity contribution in [2.45, 2.75) is 38.1 Å². The number of amides is 2. The number of carbonyl (C=O) groups excluding carboxylic acids is 2. The number of likely N-dealkylation sites (tertiary alicyclic amines) is 1. The average molecular weight is 388 g/mol. The van der Waals surface area contributed by atoms with Crippen molar-refractivity contribution in [2.75, 3.05) is 20.2 Å². The van der Waals surface area contributed by atoms with Crippen LogP contribution in [0.5, 0.6) is 0 Å². The summed E-state index contributed by atoms with van der Waals surface area (Å²) >= 11 is 1.66. The number of hydrogen-bond acceptors (Lipinski definition) is 5. The van der Waals surface area contributed by atoms with Gasteiger partial charge in [-0.15, -0.1) is 11.3 Å². The van der Waals surface area contributed by atoms with Crippen molar-refractivity contribution in [3.63, 3.8) is 0 Å². The van der Waals surface area contributed by atoms with E-state index in [1.165, 1.54) is 12.7 Å². The van der Waals surface area contributed by atoms with Gasteiger partial charge in [0.2, 0.25) is 5.91 Å². The summed E-state index contributed by atoms with van der Waals surface area (Å²) in [6.07, 6.45) is 1.01. The highest BCUT2D eigenvalue weighted by Crippen LogP contribution is 2.42. The quantitative estimate of drug-likeness (QED) is 0.875. The molecule has 1 unspecified atom stereocenters. The van der Waals surface area contributed by atoms with E-state index < -0.39 is 12.1 Å². The Bertz CT molecular complexity index is 798. The van der Waals surface area contributed by atoms with Gasteiger partial charge >= 0.3 is 6.09 Å². The summed E-state index contributed by atoms with van der Waals surface area (Å²) in [5.74, 6) is -0.0866. The molecule has 0 radical (unpaired) electrons. The molecular weight excluding hydrogens is 362 g/mol. The summed E-state index contributed by atoms with van der Waals surface area (Å²) in [5.41, 5.74) is 2.15. The van der Waals surface area contributed by atoms with Gasteiger partial charge in [0.15, 0.2) is 0 Å². The smallest absolute Gasteiger partial charge is 0.407 e. The molecule has 1 atom stereocenters. The standard InChI is InChI=1S/C20H25N3O3S/c1-14(21-19(25)26-3)18(24)23-11-9-20(10-12-23,16-7-5-4-6-8-16)17-13-27-15(2)22-17/h4-8,13-14H,9-12H2,1-3H3,(H,21,25). The van der Waals surface area contributed by atoms with Crippen LogP contribution in [-0.2, 0) is 14.9 Å². The molecule has 2 heterocycles. The lowest BCUT2D eigenvalue weighted by Crippen LogP contribution is -2.52. The number of ether oxygens (including phenoxy) is 1. The number of rotatable bonds is 4. The Hall–Kier alpha value is -2.41. The number of benzene rings is 1. The molecule has 2 aromatic rings. The first-order valence-electron chi connectivity index (χ1n) is 9.07. The second-order valence-electron chi connectivity index (χ2n) is 6.88. The third kappa shape index (κ3) is 3.98. The van der Waals surface area contributed by atoms with Crippen LogP contribution in [0.15, 0.2) is 35.7 Å². The van der Waals surface area contributed by atoms with Crippen LogP contribution in [0.25, 0.3) is 0 Å². The molecule has 0 saturated carbocycles. The minimum absolute atomic E-state index is 0.0866. The van der Waals surface area contributed by atoms with Crippen LogP contribution in [-0.4, -0.2) is 48.1 Å². The highest BCUT2D eigenvalue weighted by Gasteiger charge is 2.41. The molecule has 1 fully saturated rings. The van der Waals surface area contributed by atoms with E-state index in [9.17, 15) is 9.59 Å². The molecule has 1 aromatic carbocycles. The normalized spacial score (nSPS) is 17.2. The van der Waals surface area contributed by atoms with Gasteiger partial charge in [0, 0.05) is 23.9 Å². The fraction of sp³-hybridized carbons (Fsp3) is 0.450. The lowest BCUT2D eigenvalue weighted by molar-refractivity contribution is -0.134. The molecule has 0 bridgehead atoms. The van der Waals surface area contributed by atoms with Crippen LogP contribution in [0.4, 0.5) is 4.79 Å². The number of methoxy groups -OCH3 is 1. The van der Waals surface area contributed by atoms with Crippen molar-refractivity contribution in [1.82, 2.24) is 15.2 Å². The maximum atomic E-state index is 12.7. The van der Waals surface area contributed by atoms with E-state index in [1.807, 2.05) is 17.9 Å². The van der Waals surface area contributed by atoms with Crippen molar-refractivity contribution in [2.24, 2.45) is 0 Å². The topological polar surface area (TPSA) is 71.5 Å². The second kappa shape index (κ2) is 8.08. The summed E-state index contributed by atoms with van der Waals surface area (Å²) < 4.78 is 4.58. The number of carbonyl (C=O) groups is 2. The summed E-state index contributed by atoms with van der Waals surface area (Å²) in [6.45, 7) is 4.95. The predicted molar refractivity (Wildman–Crippen MR) is 105 cm³/mol. The number of alkyl carbamates (subject to hydrolysis) is 1. The Balaban J connectivity index is 1.79. The Morgan fingerprint density at radius 2 is 1.93 bits per heavy atom. The lowest BCUT2D eigenvalue weighted by atomic mass is 9.70. The van der Waals surface area contributed by atoms with Crippen LogP contribution >= 0.6 is 11.3 Å². The zero-order chi connectivity index (χ0) is 19.4. The van der Waals surface area contributed by atoms with Gasteiger partial charge in [-0.05, 0) is 32.3 Å². The average Bonchev–Trinajstić information content (AvgIpc) is 3.14. The summed E-state index contributed by atoms with van der Waals surface area (Å²) in [5, 5.41) is 5.74. The van der Waals surface area contributed by atoms with Crippen LogP contribution in [0.3, 0.4) is 0 Å². The highest BCUT2D eigenvalue weighted by molar-refractivity contribution is 7.09. The van der Waals surface area contributed by atoms with Crippen LogP contribution in [0.1, 0.15) is 36.0 Å². The van der Waals surface area contributed by atoms with Gasteiger partial charge in [-0.3, -0.25) is 4.79 Å². The van der Waals surface area contributed by atoms with Crippen molar-refractivity contribution >= 4 is 23.3 Å². The lowest BCUT2D eigenvalue weighted by Gasteiger charge is -2.42. The maximum Gasteiger partial charge on any atom is 0.407 e. The molecule has 144 valence electrons. The summed E-state index contributed by atoms with van der Waals surface area (Å²) in [4.78, 5) is 30.7. The number of thiazole rings is 1. The van der Waals surface area contributed by atoms with Gasteiger partial charge in [-0.1, -0.05) is 30.3 Å². The molecule has 1 aliphatic rings. The molecule has 6 nitrogen and oxygen atoms in total. The SMILES string of the molecule is COC(=O)NC(C)C(=O)N1CCC(c2ccccc2)(c2csc(C)n2)CC1. The number of aromatic nitrogens is 1. The van der Waals surface area contributed by atoms with Gasteiger partial charge in [-0.25, -0.2) is 9.78 Å². The zero-order valence-corrected chi connectivity index (χ0v) is 16.7. The Kier molecular flexibility index (Phi) is 5.79. The van der Waals surface area contributed by atoms with Crippen molar-refractivity contribution < 1.29 is 14.3 Å². The first kappa shape index (κ1) is 19.4. The predicted octanol–water partition coefficient (Wildman–Crippen LogP) is 3.10. The third-order valence-corrected chi connectivity index (χ3v) is 6.03. The zero-order valence-electron chi connectivity index (χ0n) is 15.9. The van der Waals surface area contributed by atoms with Crippen LogP contribution < -0.4 is 5.32 Å². The minimum Gasteiger partial charge on any atom is -0.453 e. The second-order valence-corrected chi connectivity index (χ2v) is 7.95. The third-order valence-electron chi connectivity index (χ3n) is 5.25. The van der Waals surface area contributed by atoms with Gasteiger partial charge in [0.1, 0.15) is 6.04 Å². The Morgan fingerprint density at radius 1 is 1.26 bits per heavy atom. The van der Waals surface area contributed by atoms with Gasteiger partial charge in [0.25, 0.3) is 0 Å². The van der Waals surface area contributed by atoms with E-state index in [4.69, 9.17) is 4.98 Å². The van der Waals surface area contributed by atoms with Gasteiger partial charge in [0.05, 0.1) is 17.8 Å². The molecule has 7 heteroatoms. The van der Waals surface area contributed by atoms with E-state index in [1.54, 1.807) is 18.3 Å². The van der Waals surface area contributed by atoms with E-state index in [0.29, 0.717) is 13.1 Å². The minimum atomic E-state index is -0.608. The van der Waals surface area contributed by atoms with Crippen LogP contribution in [0, 0.1) is 6.92 Å². The molecule has 1 aliphatic heterocycles. The van der Waals surface area contributed by atoms with Crippen molar-refractivity contribution in [1.29, 1.82) is 0 Å². The van der Waals surface area contributed by atoms with Crippen molar-refractivity contribution in [3.05, 3.63) is 52.0 Å². The monoisotopic (exact) mass is 387 g/mol. The molecule has 3 rings (SSSR count). The molecule has 1 N–H and O–H groups in total. The van der Waals surface area contributed by atoms with E-state index in [2.05, 4.69) is 39.7 Å². The molecule has 1 aromatic heterocycles. The number of aryl methyl sites for hydroxylation is 1. The number of nitrogens with one attached hydrogen (secondary N) is 1. The summed E-state index contributed by atoms with van der Waals surface area (Å²) in [6, 6.07) is 9.80. The number of nitrogens with zero attached hydrogens (tertiary/aromatic N) is 2. The molecular formula is C20H25N3O3S. The largest absolute Gasteiger partial charge is 0.453 e. The molecule has 0 aliphatic carbocycles. The van der Waals surface area contributed by atoms with Crippen LogP contribution in [0.2, 0.25) is 0 Å². The fourth-order valence-corrected chi connectivity index (χ4v) is 4.42. The molecule has 2 amide bonds. The Morgan fingerprint density at radius 3 is 2.48 bits per heavy atom. The number of hydrogen-bond donors (Lipinski definition) is 1. The molecule has 27 heavy (non-hydrogen) atoms. The van der Waals surface area contributed by atoms with E-state index >= 15 is 0 Å². The van der Waals surface area contributed by atoms with Crippen molar-refractivity contribution in [3.8, 4) is 0 Å². The summed E-state index contributed by atoms with van der Waals surface area (Å²) in [7, 11) is 1.29.